The van der Waals surface area contributed by atoms with E-state index in [0.717, 1.165) is 18.4 Å². The van der Waals surface area contributed by atoms with Gasteiger partial charge in [-0.15, -0.1) is 0 Å². The minimum absolute atomic E-state index is 0.211. The molecule has 0 N–H and O–H groups in total. The predicted octanol–water partition coefficient (Wildman–Crippen LogP) is 1.55. The molecule has 20 heavy (non-hydrogen) atoms. The molecule has 1 aromatic rings. The molecule has 0 spiro atoms. The van der Waals surface area contributed by atoms with E-state index < -0.39 is 0 Å². The van der Waals surface area contributed by atoms with E-state index in [-0.39, 0.29) is 24.1 Å². The van der Waals surface area contributed by atoms with Crippen molar-refractivity contribution in [1.29, 1.82) is 0 Å². The van der Waals surface area contributed by atoms with Crippen LogP contribution in [-0.4, -0.2) is 33.9 Å². The molecule has 2 rings (SSSR count). The van der Waals surface area contributed by atoms with Crippen LogP contribution in [0.15, 0.2) is 12.4 Å². The number of Topliss-reactive ketones (excluding diaryl/α,β-unsaturated/α-hetero) is 1. The molecule has 110 valence electrons. The summed E-state index contributed by atoms with van der Waals surface area (Å²) < 4.78 is 13.8. The van der Waals surface area contributed by atoms with Crippen molar-refractivity contribution in [2.24, 2.45) is 0 Å². The van der Waals surface area contributed by atoms with Crippen LogP contribution in [0.5, 0.6) is 0 Å². The highest BCUT2D eigenvalue weighted by atomic mass is 16.7. The standard InChI is InChI=1S/C14H23BN2O3/c1-11(18)7-6-8-17-10-12(9-16-17)15-19-13(2,3)14(4,5)20-15/h9-10H,6-8H2,1-5H3. The average molecular weight is 278 g/mol. The maximum Gasteiger partial charge on any atom is 0.498 e. The molecule has 0 radical (unpaired) electrons. The Labute approximate surface area is 120 Å². The topological polar surface area (TPSA) is 53.4 Å². The monoisotopic (exact) mass is 278 g/mol. The van der Waals surface area contributed by atoms with Gasteiger partial charge in [-0.25, -0.2) is 0 Å². The zero-order valence-corrected chi connectivity index (χ0v) is 13.0. The SMILES string of the molecule is CC(=O)CCCn1cc(B2OC(C)(C)C(C)(C)O2)cn1. The van der Waals surface area contributed by atoms with Gasteiger partial charge in [-0.05, 0) is 41.0 Å². The maximum atomic E-state index is 10.9. The number of hydrogen-bond donors (Lipinski definition) is 0. The van der Waals surface area contributed by atoms with Gasteiger partial charge in [0.25, 0.3) is 0 Å². The lowest BCUT2D eigenvalue weighted by molar-refractivity contribution is -0.117. The summed E-state index contributed by atoms with van der Waals surface area (Å²) in [6.07, 6.45) is 5.10. The van der Waals surface area contributed by atoms with E-state index in [2.05, 4.69) is 5.10 Å². The summed E-state index contributed by atoms with van der Waals surface area (Å²) in [7, 11) is -0.374. The van der Waals surface area contributed by atoms with Crippen LogP contribution in [0.4, 0.5) is 0 Å². The normalized spacial score (nSPS) is 20.4. The molecule has 2 heterocycles. The molecule has 0 atom stereocenters. The van der Waals surface area contributed by atoms with Crippen LogP contribution in [0.3, 0.4) is 0 Å². The van der Waals surface area contributed by atoms with Crippen molar-refractivity contribution in [3.63, 3.8) is 0 Å². The lowest BCUT2D eigenvalue weighted by Crippen LogP contribution is -2.41. The van der Waals surface area contributed by atoms with Gasteiger partial charge >= 0.3 is 7.12 Å². The lowest BCUT2D eigenvalue weighted by atomic mass is 9.82. The van der Waals surface area contributed by atoms with Gasteiger partial charge in [-0.3, -0.25) is 4.68 Å². The fraction of sp³-hybridized carbons (Fsp3) is 0.714. The number of aryl methyl sites for hydroxylation is 1. The Hall–Kier alpha value is -1.14. The van der Waals surface area contributed by atoms with Gasteiger partial charge < -0.3 is 14.1 Å². The average Bonchev–Trinajstić information content (AvgIpc) is 2.82. The van der Waals surface area contributed by atoms with Gasteiger partial charge in [0.2, 0.25) is 0 Å². The minimum atomic E-state index is -0.374. The Morgan fingerprint density at radius 1 is 1.30 bits per heavy atom. The molecule has 0 bridgehead atoms. The van der Waals surface area contributed by atoms with E-state index in [4.69, 9.17) is 9.31 Å². The number of rotatable bonds is 5. The molecule has 0 unspecified atom stereocenters. The highest BCUT2D eigenvalue weighted by molar-refractivity contribution is 6.61. The van der Waals surface area contributed by atoms with Crippen molar-refractivity contribution >= 4 is 18.4 Å². The number of ketones is 1. The predicted molar refractivity (Wildman–Crippen MR) is 77.9 cm³/mol. The maximum absolute atomic E-state index is 10.9. The van der Waals surface area contributed by atoms with Crippen molar-refractivity contribution in [3.8, 4) is 0 Å². The lowest BCUT2D eigenvalue weighted by Gasteiger charge is -2.32. The van der Waals surface area contributed by atoms with Crippen molar-refractivity contribution in [2.75, 3.05) is 0 Å². The van der Waals surface area contributed by atoms with Crippen molar-refractivity contribution in [1.82, 2.24) is 9.78 Å². The highest BCUT2D eigenvalue weighted by Crippen LogP contribution is 2.36. The third-order valence-corrected chi connectivity index (χ3v) is 4.09. The van der Waals surface area contributed by atoms with Gasteiger partial charge in [0, 0.05) is 30.8 Å². The molecule has 0 aliphatic carbocycles. The second-order valence-electron chi connectivity index (χ2n) is 6.43. The molecular formula is C14H23BN2O3. The first-order chi connectivity index (χ1) is 9.21. The number of carbonyl (C=O) groups excluding carboxylic acids is 1. The van der Waals surface area contributed by atoms with Crippen LogP contribution in [0.2, 0.25) is 0 Å². The Morgan fingerprint density at radius 3 is 2.45 bits per heavy atom. The smallest absolute Gasteiger partial charge is 0.399 e. The minimum Gasteiger partial charge on any atom is -0.399 e. The van der Waals surface area contributed by atoms with Crippen LogP contribution in [0.25, 0.3) is 0 Å². The quantitative estimate of drug-likeness (QED) is 0.767. The Kier molecular flexibility index (Phi) is 4.07. The Bertz CT molecular complexity index is 480. The summed E-state index contributed by atoms with van der Waals surface area (Å²) in [6.45, 7) is 10.5. The summed E-state index contributed by atoms with van der Waals surface area (Å²) in [5.74, 6) is 0.211. The number of hydrogen-bond acceptors (Lipinski definition) is 4. The zero-order chi connectivity index (χ0) is 15.0. The van der Waals surface area contributed by atoms with E-state index in [1.165, 1.54) is 0 Å². The van der Waals surface area contributed by atoms with Crippen molar-refractivity contribution in [3.05, 3.63) is 12.4 Å². The van der Waals surface area contributed by atoms with Gasteiger partial charge in [0.05, 0.1) is 11.2 Å². The van der Waals surface area contributed by atoms with E-state index in [9.17, 15) is 4.79 Å². The molecular weight excluding hydrogens is 255 g/mol. The van der Waals surface area contributed by atoms with E-state index in [1.54, 1.807) is 13.1 Å². The van der Waals surface area contributed by atoms with E-state index in [1.807, 2.05) is 38.6 Å². The zero-order valence-electron chi connectivity index (χ0n) is 13.0. The van der Waals surface area contributed by atoms with Crippen LogP contribution in [0.1, 0.15) is 47.5 Å². The van der Waals surface area contributed by atoms with Crippen LogP contribution in [0, 0.1) is 0 Å². The fourth-order valence-corrected chi connectivity index (χ4v) is 2.09. The Morgan fingerprint density at radius 2 is 1.90 bits per heavy atom. The third kappa shape index (κ3) is 3.12. The molecule has 5 nitrogen and oxygen atoms in total. The van der Waals surface area contributed by atoms with Gasteiger partial charge in [0.15, 0.2) is 0 Å². The number of aromatic nitrogens is 2. The van der Waals surface area contributed by atoms with Gasteiger partial charge in [-0.1, -0.05) is 0 Å². The first kappa shape index (κ1) is 15.3. The molecule has 0 aromatic carbocycles. The van der Waals surface area contributed by atoms with E-state index >= 15 is 0 Å². The summed E-state index contributed by atoms with van der Waals surface area (Å²) >= 11 is 0. The van der Waals surface area contributed by atoms with Gasteiger partial charge in [0.1, 0.15) is 5.78 Å². The molecule has 0 saturated carbocycles. The van der Waals surface area contributed by atoms with E-state index in [0.29, 0.717) is 6.42 Å². The second kappa shape index (κ2) is 5.33. The number of carbonyl (C=O) groups is 1. The molecule has 0 amide bonds. The largest absolute Gasteiger partial charge is 0.498 e. The van der Waals surface area contributed by atoms with Crippen LogP contribution >= 0.6 is 0 Å². The first-order valence-corrected chi connectivity index (χ1v) is 7.09. The number of nitrogens with zero attached hydrogens (tertiary/aromatic N) is 2. The summed E-state index contributed by atoms with van der Waals surface area (Å²) in [6, 6.07) is 0. The molecule has 1 aliphatic rings. The second-order valence-corrected chi connectivity index (χ2v) is 6.43. The van der Waals surface area contributed by atoms with Crippen LogP contribution < -0.4 is 5.46 Å². The molecule has 1 saturated heterocycles. The van der Waals surface area contributed by atoms with Gasteiger partial charge in [-0.2, -0.15) is 5.10 Å². The summed E-state index contributed by atoms with van der Waals surface area (Å²) in [5, 5.41) is 4.30. The van der Waals surface area contributed by atoms with Crippen LogP contribution in [-0.2, 0) is 20.6 Å². The fourth-order valence-electron chi connectivity index (χ4n) is 2.09. The molecule has 1 fully saturated rings. The van der Waals surface area contributed by atoms with Crippen molar-refractivity contribution < 1.29 is 14.1 Å². The third-order valence-electron chi connectivity index (χ3n) is 4.09. The summed E-state index contributed by atoms with van der Waals surface area (Å²) in [5.41, 5.74) is 0.245. The molecule has 1 aromatic heterocycles. The molecule has 1 aliphatic heterocycles. The first-order valence-electron chi connectivity index (χ1n) is 7.09. The summed E-state index contributed by atoms with van der Waals surface area (Å²) in [4.78, 5) is 10.9. The molecule has 6 heteroatoms. The Balaban J connectivity index is 1.98. The highest BCUT2D eigenvalue weighted by Gasteiger charge is 2.52. The van der Waals surface area contributed by atoms with Crippen molar-refractivity contribution in [2.45, 2.75) is 65.2 Å².